The van der Waals surface area contributed by atoms with Crippen molar-refractivity contribution >= 4 is 5.82 Å². The summed E-state index contributed by atoms with van der Waals surface area (Å²) >= 11 is 0. The fourth-order valence-corrected chi connectivity index (χ4v) is 2.52. The average Bonchev–Trinajstić information content (AvgIpc) is 2.35. The molecule has 0 unspecified atom stereocenters. The number of ether oxygens (including phenoxy) is 1. The van der Waals surface area contributed by atoms with E-state index in [0.29, 0.717) is 6.04 Å². The van der Waals surface area contributed by atoms with Gasteiger partial charge in [-0.2, -0.15) is 0 Å². The van der Waals surface area contributed by atoms with E-state index in [1.54, 1.807) is 0 Å². The quantitative estimate of drug-likeness (QED) is 0.903. The van der Waals surface area contributed by atoms with E-state index in [4.69, 9.17) is 4.74 Å². The highest BCUT2D eigenvalue weighted by molar-refractivity contribution is 5.47. The van der Waals surface area contributed by atoms with Crippen LogP contribution in [0.5, 0.6) is 0 Å². The summed E-state index contributed by atoms with van der Waals surface area (Å²) in [6.07, 6.45) is 2.40. The van der Waals surface area contributed by atoms with Gasteiger partial charge in [-0.25, -0.2) is 4.98 Å². The van der Waals surface area contributed by atoms with E-state index in [-0.39, 0.29) is 12.2 Å². The summed E-state index contributed by atoms with van der Waals surface area (Å²) in [5.74, 6) is 1.10. The van der Waals surface area contributed by atoms with Gasteiger partial charge in [-0.05, 0) is 19.9 Å². The number of rotatable bonds is 4. The fraction of sp³-hybridized carbons (Fsp3) is 0.667. The molecule has 0 radical (unpaired) electrons. The van der Waals surface area contributed by atoms with Gasteiger partial charge in [-0.1, -0.05) is 19.9 Å². The number of nitrogens with zero attached hydrogens (tertiary/aromatic N) is 2. The van der Waals surface area contributed by atoms with Crippen LogP contribution in [-0.2, 0) is 11.3 Å². The molecule has 1 aromatic rings. The second kappa shape index (κ2) is 6.35. The standard InChI is InChI=1S/C15H25N3O/c1-11(2)17-8-14-6-5-7-16-15(14)18-9-12(3)19-13(4)10-18/h5-7,11-13,17H,8-10H2,1-4H3/t12-,13+. The monoisotopic (exact) mass is 263 g/mol. The Morgan fingerprint density at radius 2 is 2.05 bits per heavy atom. The van der Waals surface area contributed by atoms with Gasteiger partial charge >= 0.3 is 0 Å². The zero-order chi connectivity index (χ0) is 13.8. The van der Waals surface area contributed by atoms with Gasteiger partial charge in [-0.3, -0.25) is 0 Å². The maximum atomic E-state index is 5.79. The van der Waals surface area contributed by atoms with E-state index in [2.05, 4.69) is 49.0 Å². The maximum absolute atomic E-state index is 5.79. The Labute approximate surface area is 116 Å². The first kappa shape index (κ1) is 14.3. The molecule has 1 aromatic heterocycles. The number of pyridine rings is 1. The molecule has 19 heavy (non-hydrogen) atoms. The van der Waals surface area contributed by atoms with E-state index in [1.165, 1.54) is 5.56 Å². The molecule has 1 aliphatic rings. The van der Waals surface area contributed by atoms with Gasteiger partial charge in [0.1, 0.15) is 5.82 Å². The average molecular weight is 263 g/mol. The highest BCUT2D eigenvalue weighted by Crippen LogP contribution is 2.22. The van der Waals surface area contributed by atoms with Crippen molar-refractivity contribution in [3.8, 4) is 0 Å². The molecule has 2 heterocycles. The number of aromatic nitrogens is 1. The first-order chi connectivity index (χ1) is 9.06. The second-order valence-corrected chi connectivity index (χ2v) is 5.68. The van der Waals surface area contributed by atoms with Gasteiger partial charge in [0.05, 0.1) is 12.2 Å². The van der Waals surface area contributed by atoms with Crippen molar-refractivity contribution in [2.24, 2.45) is 0 Å². The van der Waals surface area contributed by atoms with Crippen molar-refractivity contribution in [3.05, 3.63) is 23.9 Å². The van der Waals surface area contributed by atoms with Gasteiger partial charge in [0.2, 0.25) is 0 Å². The third kappa shape index (κ3) is 3.91. The fourth-order valence-electron chi connectivity index (χ4n) is 2.52. The minimum absolute atomic E-state index is 0.261. The van der Waals surface area contributed by atoms with Gasteiger partial charge in [-0.15, -0.1) is 0 Å². The highest BCUT2D eigenvalue weighted by atomic mass is 16.5. The lowest BCUT2D eigenvalue weighted by Gasteiger charge is -2.37. The maximum Gasteiger partial charge on any atom is 0.133 e. The van der Waals surface area contributed by atoms with Crippen LogP contribution in [0.4, 0.5) is 5.82 Å². The normalized spacial score (nSPS) is 23.9. The van der Waals surface area contributed by atoms with E-state index >= 15 is 0 Å². The van der Waals surface area contributed by atoms with Crippen molar-refractivity contribution < 1.29 is 4.74 Å². The summed E-state index contributed by atoms with van der Waals surface area (Å²) in [7, 11) is 0. The van der Waals surface area contributed by atoms with Crippen LogP contribution in [0.2, 0.25) is 0 Å². The molecule has 0 aromatic carbocycles. The molecule has 1 saturated heterocycles. The van der Waals surface area contributed by atoms with Crippen molar-refractivity contribution in [2.75, 3.05) is 18.0 Å². The minimum atomic E-state index is 0.261. The summed E-state index contributed by atoms with van der Waals surface area (Å²) in [5, 5.41) is 3.47. The number of hydrogen-bond donors (Lipinski definition) is 1. The Morgan fingerprint density at radius 1 is 1.37 bits per heavy atom. The molecule has 1 fully saturated rings. The Balaban J connectivity index is 2.14. The lowest BCUT2D eigenvalue weighted by molar-refractivity contribution is -0.00551. The molecule has 0 spiro atoms. The van der Waals surface area contributed by atoms with Crippen LogP contribution in [0.3, 0.4) is 0 Å². The molecule has 2 rings (SSSR count). The molecule has 0 saturated carbocycles. The van der Waals surface area contributed by atoms with Crippen molar-refractivity contribution in [1.82, 2.24) is 10.3 Å². The van der Waals surface area contributed by atoms with E-state index < -0.39 is 0 Å². The predicted molar refractivity (Wildman–Crippen MR) is 78.4 cm³/mol. The molecule has 0 amide bonds. The van der Waals surface area contributed by atoms with Gasteiger partial charge in [0, 0.05) is 37.4 Å². The Hall–Kier alpha value is -1.13. The van der Waals surface area contributed by atoms with E-state index in [1.807, 2.05) is 12.3 Å². The van der Waals surface area contributed by atoms with Crippen LogP contribution in [0.25, 0.3) is 0 Å². The number of morpholine rings is 1. The third-order valence-electron chi connectivity index (χ3n) is 3.29. The smallest absolute Gasteiger partial charge is 0.133 e. The lowest BCUT2D eigenvalue weighted by Crippen LogP contribution is -2.46. The van der Waals surface area contributed by atoms with Crippen LogP contribution >= 0.6 is 0 Å². The summed E-state index contributed by atoms with van der Waals surface area (Å²) in [6, 6.07) is 4.65. The Bertz CT molecular complexity index is 398. The molecular formula is C15H25N3O. The molecule has 0 aliphatic carbocycles. The molecule has 0 bridgehead atoms. The number of nitrogens with one attached hydrogen (secondary N) is 1. The van der Waals surface area contributed by atoms with Crippen LogP contribution in [0.1, 0.15) is 33.3 Å². The van der Waals surface area contributed by atoms with Crippen molar-refractivity contribution in [3.63, 3.8) is 0 Å². The largest absolute Gasteiger partial charge is 0.372 e. The van der Waals surface area contributed by atoms with E-state index in [0.717, 1.165) is 25.5 Å². The summed E-state index contributed by atoms with van der Waals surface area (Å²) in [5.41, 5.74) is 1.26. The SMILES string of the molecule is CC(C)NCc1cccnc1N1C[C@@H](C)O[C@@H](C)C1. The van der Waals surface area contributed by atoms with Gasteiger partial charge in [0.15, 0.2) is 0 Å². The predicted octanol–water partition coefficient (Wildman–Crippen LogP) is 2.19. The van der Waals surface area contributed by atoms with Crippen LogP contribution in [0, 0.1) is 0 Å². The molecule has 1 N–H and O–H groups in total. The molecular weight excluding hydrogens is 238 g/mol. The van der Waals surface area contributed by atoms with Crippen LogP contribution in [0.15, 0.2) is 18.3 Å². The zero-order valence-electron chi connectivity index (χ0n) is 12.4. The molecule has 4 nitrogen and oxygen atoms in total. The Morgan fingerprint density at radius 3 is 2.68 bits per heavy atom. The van der Waals surface area contributed by atoms with Crippen LogP contribution < -0.4 is 10.2 Å². The van der Waals surface area contributed by atoms with Gasteiger partial charge < -0.3 is 15.0 Å². The summed E-state index contributed by atoms with van der Waals surface area (Å²) in [4.78, 5) is 6.92. The molecule has 106 valence electrons. The first-order valence-corrected chi connectivity index (χ1v) is 7.14. The summed E-state index contributed by atoms with van der Waals surface area (Å²) < 4.78 is 5.79. The zero-order valence-corrected chi connectivity index (χ0v) is 12.4. The van der Waals surface area contributed by atoms with Crippen LogP contribution in [-0.4, -0.2) is 36.3 Å². The highest BCUT2D eigenvalue weighted by Gasteiger charge is 2.24. The van der Waals surface area contributed by atoms with E-state index in [9.17, 15) is 0 Å². The van der Waals surface area contributed by atoms with Gasteiger partial charge in [0.25, 0.3) is 0 Å². The van der Waals surface area contributed by atoms with Crippen molar-refractivity contribution in [2.45, 2.75) is 52.5 Å². The Kier molecular flexibility index (Phi) is 4.77. The lowest BCUT2D eigenvalue weighted by atomic mass is 10.1. The second-order valence-electron chi connectivity index (χ2n) is 5.68. The topological polar surface area (TPSA) is 37.4 Å². The molecule has 1 aliphatic heterocycles. The number of anilines is 1. The molecule has 2 atom stereocenters. The first-order valence-electron chi connectivity index (χ1n) is 7.14. The minimum Gasteiger partial charge on any atom is -0.372 e. The van der Waals surface area contributed by atoms with Crippen molar-refractivity contribution in [1.29, 1.82) is 0 Å². The third-order valence-corrected chi connectivity index (χ3v) is 3.29. The molecule has 4 heteroatoms. The number of hydrogen-bond acceptors (Lipinski definition) is 4. The summed E-state index contributed by atoms with van der Waals surface area (Å²) in [6.45, 7) is 11.3.